The largest absolute Gasteiger partial charge is 0.488 e. The highest BCUT2D eigenvalue weighted by Crippen LogP contribution is 2.41. The average Bonchev–Trinajstić information content (AvgIpc) is 3.51. The molecule has 1 aliphatic carbocycles. The van der Waals surface area contributed by atoms with Gasteiger partial charge in [0, 0.05) is 32.2 Å². The minimum absolute atomic E-state index is 0. The van der Waals surface area contributed by atoms with Crippen molar-refractivity contribution in [1.82, 2.24) is 10.2 Å². The van der Waals surface area contributed by atoms with Crippen LogP contribution in [-0.2, 0) is 6.61 Å². The molecule has 0 radical (unpaired) electrons. The van der Waals surface area contributed by atoms with E-state index in [-0.39, 0.29) is 24.8 Å². The molecule has 3 nitrogen and oxygen atoms in total. The molecule has 1 N–H and O–H groups in total. The molecule has 1 atom stereocenters. The van der Waals surface area contributed by atoms with Crippen LogP contribution in [0.1, 0.15) is 47.6 Å². The summed E-state index contributed by atoms with van der Waals surface area (Å²) >= 11 is 0. The number of ether oxygens (including phenoxy) is 1. The molecule has 0 unspecified atom stereocenters. The predicted molar refractivity (Wildman–Crippen MR) is 126 cm³/mol. The van der Waals surface area contributed by atoms with Gasteiger partial charge in [0.2, 0.25) is 0 Å². The van der Waals surface area contributed by atoms with E-state index in [1.807, 2.05) is 6.07 Å². The number of halogens is 2. The highest BCUT2D eigenvalue weighted by molar-refractivity contribution is 5.85. The molecular weight excluding hydrogens is 403 g/mol. The van der Waals surface area contributed by atoms with Crippen LogP contribution >= 0.6 is 24.8 Å². The molecule has 5 heteroatoms. The maximum Gasteiger partial charge on any atom is 0.125 e. The SMILES string of the molecule is Cc1cc([C@@H](CC2CC2)N2CCNCC2)cc(C)c1OCc1ccccc1.Cl.Cl. The van der Waals surface area contributed by atoms with Gasteiger partial charge in [-0.3, -0.25) is 4.90 Å². The van der Waals surface area contributed by atoms with E-state index in [1.165, 1.54) is 41.5 Å². The van der Waals surface area contributed by atoms with E-state index in [4.69, 9.17) is 4.74 Å². The zero-order chi connectivity index (χ0) is 18.6. The number of hydrogen-bond acceptors (Lipinski definition) is 3. The van der Waals surface area contributed by atoms with Crippen LogP contribution in [0, 0.1) is 19.8 Å². The van der Waals surface area contributed by atoms with E-state index in [0.717, 1.165) is 37.8 Å². The summed E-state index contributed by atoms with van der Waals surface area (Å²) in [5.41, 5.74) is 5.22. The molecule has 2 aromatic carbocycles. The standard InChI is InChI=1S/C24H32N2O.2ClH/c1-18-14-22(23(16-20-8-9-20)26-12-10-25-11-13-26)15-19(2)24(18)27-17-21-6-4-3-5-7-21;;/h3-7,14-15,20,23,25H,8-13,16-17H2,1-2H3;2*1H/t23-;;/m1../s1. The molecule has 0 bridgehead atoms. The molecule has 4 rings (SSSR count). The second-order valence-corrected chi connectivity index (χ2v) is 8.24. The third-order valence-corrected chi connectivity index (χ3v) is 5.94. The molecule has 2 fully saturated rings. The first-order valence-electron chi connectivity index (χ1n) is 10.4. The summed E-state index contributed by atoms with van der Waals surface area (Å²) in [4.78, 5) is 2.69. The number of nitrogens with one attached hydrogen (secondary N) is 1. The number of piperazine rings is 1. The second kappa shape index (κ2) is 11.2. The number of aryl methyl sites for hydroxylation is 2. The monoisotopic (exact) mass is 436 g/mol. The van der Waals surface area contributed by atoms with Crippen LogP contribution in [-0.4, -0.2) is 31.1 Å². The van der Waals surface area contributed by atoms with Crippen molar-refractivity contribution in [2.75, 3.05) is 26.2 Å². The first-order chi connectivity index (χ1) is 13.2. The van der Waals surface area contributed by atoms with Gasteiger partial charge in [0.25, 0.3) is 0 Å². The number of hydrogen-bond donors (Lipinski definition) is 1. The molecule has 2 aliphatic rings. The van der Waals surface area contributed by atoms with Crippen molar-refractivity contribution in [3.63, 3.8) is 0 Å². The molecule has 2 aromatic rings. The van der Waals surface area contributed by atoms with Crippen molar-refractivity contribution in [2.24, 2.45) is 5.92 Å². The van der Waals surface area contributed by atoms with Crippen LogP contribution in [0.25, 0.3) is 0 Å². The second-order valence-electron chi connectivity index (χ2n) is 8.24. The molecule has 0 amide bonds. The Morgan fingerprint density at radius 2 is 1.62 bits per heavy atom. The van der Waals surface area contributed by atoms with Gasteiger partial charge in [-0.2, -0.15) is 0 Å². The van der Waals surface area contributed by atoms with Crippen molar-refractivity contribution in [2.45, 2.75) is 45.8 Å². The van der Waals surface area contributed by atoms with Gasteiger partial charge in [0.15, 0.2) is 0 Å². The van der Waals surface area contributed by atoms with Crippen LogP contribution in [0.15, 0.2) is 42.5 Å². The van der Waals surface area contributed by atoms with Crippen molar-refractivity contribution in [3.8, 4) is 5.75 Å². The van der Waals surface area contributed by atoms with Crippen molar-refractivity contribution >= 4 is 24.8 Å². The van der Waals surface area contributed by atoms with Crippen LogP contribution in [0.3, 0.4) is 0 Å². The summed E-state index contributed by atoms with van der Waals surface area (Å²) in [7, 11) is 0. The fraction of sp³-hybridized carbons (Fsp3) is 0.500. The van der Waals surface area contributed by atoms with Crippen LogP contribution in [0.4, 0.5) is 0 Å². The van der Waals surface area contributed by atoms with Gasteiger partial charge in [-0.05, 0) is 48.4 Å². The lowest BCUT2D eigenvalue weighted by atomic mass is 9.95. The molecule has 0 aromatic heterocycles. The molecule has 1 heterocycles. The fourth-order valence-electron chi connectivity index (χ4n) is 4.29. The summed E-state index contributed by atoms with van der Waals surface area (Å²) < 4.78 is 6.20. The maximum absolute atomic E-state index is 6.20. The lowest BCUT2D eigenvalue weighted by molar-refractivity contribution is 0.160. The quantitative estimate of drug-likeness (QED) is 0.622. The highest BCUT2D eigenvalue weighted by atomic mass is 35.5. The number of rotatable bonds is 7. The Kier molecular flexibility index (Phi) is 9.29. The summed E-state index contributed by atoms with van der Waals surface area (Å²) in [5.74, 6) is 1.98. The predicted octanol–water partition coefficient (Wildman–Crippen LogP) is 5.47. The van der Waals surface area contributed by atoms with Crippen molar-refractivity contribution in [1.29, 1.82) is 0 Å². The van der Waals surface area contributed by atoms with E-state index in [9.17, 15) is 0 Å². The number of benzene rings is 2. The van der Waals surface area contributed by atoms with Gasteiger partial charge in [0.05, 0.1) is 0 Å². The van der Waals surface area contributed by atoms with Gasteiger partial charge in [-0.15, -0.1) is 24.8 Å². The van der Waals surface area contributed by atoms with Gasteiger partial charge >= 0.3 is 0 Å². The topological polar surface area (TPSA) is 24.5 Å². The van der Waals surface area contributed by atoms with E-state index >= 15 is 0 Å². The first-order valence-corrected chi connectivity index (χ1v) is 10.4. The first kappa shape index (κ1) is 24.0. The normalized spacial score (nSPS) is 17.7. The van der Waals surface area contributed by atoms with E-state index in [0.29, 0.717) is 12.6 Å². The highest BCUT2D eigenvalue weighted by Gasteiger charge is 2.31. The van der Waals surface area contributed by atoms with Crippen molar-refractivity contribution in [3.05, 3.63) is 64.7 Å². The summed E-state index contributed by atoms with van der Waals surface area (Å²) in [6.07, 6.45) is 4.14. The summed E-state index contributed by atoms with van der Waals surface area (Å²) in [6.45, 7) is 9.55. The maximum atomic E-state index is 6.20. The van der Waals surface area contributed by atoms with Crippen LogP contribution in [0.2, 0.25) is 0 Å². The molecule has 1 saturated heterocycles. The summed E-state index contributed by atoms with van der Waals surface area (Å²) in [5, 5.41) is 3.49. The van der Waals surface area contributed by atoms with Crippen LogP contribution in [0.5, 0.6) is 5.75 Å². The third kappa shape index (κ3) is 6.36. The van der Waals surface area contributed by atoms with Gasteiger partial charge < -0.3 is 10.1 Å². The lowest BCUT2D eigenvalue weighted by Gasteiger charge is -2.36. The Hall–Kier alpha value is -1.26. The zero-order valence-electron chi connectivity index (χ0n) is 17.5. The van der Waals surface area contributed by atoms with E-state index < -0.39 is 0 Å². The lowest BCUT2D eigenvalue weighted by Crippen LogP contribution is -2.45. The van der Waals surface area contributed by atoms with Gasteiger partial charge in [-0.25, -0.2) is 0 Å². The molecule has 0 spiro atoms. The average molecular weight is 437 g/mol. The Bertz CT molecular complexity index is 736. The Labute approximate surface area is 188 Å². The summed E-state index contributed by atoms with van der Waals surface area (Å²) in [6, 6.07) is 15.7. The third-order valence-electron chi connectivity index (χ3n) is 5.94. The Balaban J connectivity index is 0.00000150. The minimum atomic E-state index is 0. The smallest absolute Gasteiger partial charge is 0.125 e. The fourth-order valence-corrected chi connectivity index (χ4v) is 4.29. The Morgan fingerprint density at radius 3 is 2.21 bits per heavy atom. The number of nitrogens with zero attached hydrogens (tertiary/aromatic N) is 1. The molecular formula is C24H34Cl2N2O. The minimum Gasteiger partial charge on any atom is -0.488 e. The molecule has 1 saturated carbocycles. The van der Waals surface area contributed by atoms with Gasteiger partial charge in [0.1, 0.15) is 12.4 Å². The molecule has 29 heavy (non-hydrogen) atoms. The molecule has 1 aliphatic heterocycles. The van der Waals surface area contributed by atoms with Crippen molar-refractivity contribution < 1.29 is 4.74 Å². The van der Waals surface area contributed by atoms with Gasteiger partial charge in [-0.1, -0.05) is 55.3 Å². The molecule has 160 valence electrons. The van der Waals surface area contributed by atoms with E-state index in [2.05, 4.69) is 60.5 Å². The van der Waals surface area contributed by atoms with E-state index in [1.54, 1.807) is 0 Å². The Morgan fingerprint density at radius 1 is 1.00 bits per heavy atom. The van der Waals surface area contributed by atoms with Crippen LogP contribution < -0.4 is 10.1 Å². The zero-order valence-corrected chi connectivity index (χ0v) is 19.2.